The Morgan fingerprint density at radius 1 is 1.04 bits per heavy atom. The minimum atomic E-state index is -5.57. The predicted molar refractivity (Wildman–Crippen MR) is 200 cm³/mol. The molecule has 57 heavy (non-hydrogen) atoms. The molecule has 0 aliphatic carbocycles. The zero-order valence-electron chi connectivity index (χ0n) is 31.7. The van der Waals surface area contributed by atoms with Crippen LogP contribution in [-0.4, -0.2) is 123 Å². The Labute approximate surface area is 331 Å². The number of aliphatic hydroxyl groups is 2. The van der Waals surface area contributed by atoms with Crippen LogP contribution in [0.3, 0.4) is 0 Å². The lowest BCUT2D eigenvalue weighted by Crippen LogP contribution is -2.46. The number of carbonyl (C=O) groups excluding carboxylic acids is 3. The van der Waals surface area contributed by atoms with Crippen molar-refractivity contribution >= 4 is 69.1 Å². The summed E-state index contributed by atoms with van der Waals surface area (Å²) in [5, 5.41) is 26.5. The van der Waals surface area contributed by atoms with Gasteiger partial charge in [-0.05, 0) is 6.42 Å². The van der Waals surface area contributed by atoms with Gasteiger partial charge in [0.15, 0.2) is 22.8 Å². The van der Waals surface area contributed by atoms with Gasteiger partial charge in [0.25, 0.3) is 0 Å². The van der Waals surface area contributed by atoms with Crippen molar-refractivity contribution in [3.05, 3.63) is 12.7 Å². The Hall–Kier alpha value is -2.44. The molecule has 0 spiro atoms. The van der Waals surface area contributed by atoms with Crippen LogP contribution in [0.2, 0.25) is 0 Å². The molecule has 1 saturated heterocycles. The Bertz CT molecular complexity index is 1860. The summed E-state index contributed by atoms with van der Waals surface area (Å²) in [5.74, 6) is -1.07. The van der Waals surface area contributed by atoms with Crippen molar-refractivity contribution in [2.24, 2.45) is 10.8 Å². The number of rotatable bonds is 23. The maximum Gasteiger partial charge on any atom is 0.481 e. The smallest absolute Gasteiger partial charge is 0.386 e. The first-order valence-electron chi connectivity index (χ1n) is 17.4. The van der Waals surface area contributed by atoms with Crippen LogP contribution in [0.5, 0.6) is 0 Å². The number of aromatic nitrogens is 4. The minimum Gasteiger partial charge on any atom is -0.386 e. The quantitative estimate of drug-likeness (QED) is 0.0552. The molecule has 2 aromatic rings. The van der Waals surface area contributed by atoms with Crippen molar-refractivity contribution in [1.82, 2.24) is 30.2 Å². The summed E-state index contributed by atoms with van der Waals surface area (Å²) in [6.45, 7) is 6.33. The van der Waals surface area contributed by atoms with Gasteiger partial charge in [0.05, 0.1) is 19.5 Å². The number of nitrogen functional groups attached to an aromatic ring is 1. The van der Waals surface area contributed by atoms with Crippen LogP contribution in [0.1, 0.15) is 66.5 Å². The van der Waals surface area contributed by atoms with Crippen LogP contribution >= 0.6 is 35.2 Å². The van der Waals surface area contributed by atoms with Crippen LogP contribution in [0.25, 0.3) is 11.2 Å². The van der Waals surface area contributed by atoms with Gasteiger partial charge in [-0.2, -0.15) is 4.31 Å². The lowest BCUT2D eigenvalue weighted by Gasteiger charge is -2.30. The van der Waals surface area contributed by atoms with E-state index in [0.717, 1.165) is 48.2 Å². The Morgan fingerprint density at radius 2 is 1.70 bits per heavy atom. The molecule has 1 aliphatic heterocycles. The largest absolute Gasteiger partial charge is 0.481 e. The van der Waals surface area contributed by atoms with E-state index in [1.165, 1.54) is 13.8 Å². The zero-order chi connectivity index (χ0) is 43.0. The van der Waals surface area contributed by atoms with Crippen molar-refractivity contribution in [3.8, 4) is 0 Å². The second-order valence-corrected chi connectivity index (χ2v) is 19.5. The number of ether oxygens (including phenoxy) is 1. The molecule has 3 rings (SSSR count). The highest BCUT2D eigenvalue weighted by Gasteiger charge is 2.50. The molecule has 1 fully saturated rings. The molecule has 1 aliphatic rings. The van der Waals surface area contributed by atoms with Crippen LogP contribution in [0, 0.1) is 10.8 Å². The third-order valence-electron chi connectivity index (χ3n) is 8.44. The first-order valence-corrected chi connectivity index (χ1v) is 22.9. The van der Waals surface area contributed by atoms with Crippen molar-refractivity contribution in [3.63, 3.8) is 0 Å². The van der Waals surface area contributed by atoms with E-state index in [1.54, 1.807) is 0 Å². The molecule has 7 unspecified atom stereocenters. The summed E-state index contributed by atoms with van der Waals surface area (Å²) in [4.78, 5) is 88.2. The molecule has 0 bridgehead atoms. The van der Waals surface area contributed by atoms with Crippen molar-refractivity contribution in [2.45, 2.75) is 90.9 Å². The Morgan fingerprint density at radius 3 is 2.35 bits per heavy atom. The third-order valence-corrected chi connectivity index (χ3v) is 12.8. The van der Waals surface area contributed by atoms with Gasteiger partial charge in [-0.15, -0.1) is 0 Å². The highest BCUT2D eigenvalue weighted by Crippen LogP contribution is 2.61. The third kappa shape index (κ3) is 14.7. The fourth-order valence-corrected chi connectivity index (χ4v) is 8.90. The van der Waals surface area contributed by atoms with Crippen LogP contribution in [0.15, 0.2) is 12.7 Å². The number of phosphoric acid groups is 3. The van der Waals surface area contributed by atoms with E-state index in [1.807, 2.05) is 20.8 Å². The molecule has 2 amide bonds. The van der Waals surface area contributed by atoms with Gasteiger partial charge in [0.2, 0.25) is 11.8 Å². The van der Waals surface area contributed by atoms with Crippen LogP contribution in [0.4, 0.5) is 5.82 Å². The average Bonchev–Trinajstić information content (AvgIpc) is 3.67. The van der Waals surface area contributed by atoms with Crippen LogP contribution in [-0.2, 0) is 50.7 Å². The summed E-state index contributed by atoms with van der Waals surface area (Å²) in [7, 11) is -16.4. The summed E-state index contributed by atoms with van der Waals surface area (Å²) in [6, 6.07) is 0. The standard InChI is InChI=1S/C29H50N7O17P3S/c1-6-7-9-28(2,3)27(41)57-12-11-31-18(37)8-10-32-25(40)22(39)29(4,5)14-50-56(47,48)53-55(45,46)49-13-17-21(52-54(42,43)44)20(38)26(51-17)36-16-35-19-23(30)33-15-34-24(19)36/h15-17,20-22,26,38-39H,6-14H2,1-5H3,(H,31,37)(H,32,40)(H,45,46)(H,47,48)(H2,30,33,34)(H2,42,43,44). The first-order chi connectivity index (χ1) is 26.3. The molecule has 7 atom stereocenters. The number of aliphatic hydroxyl groups excluding tert-OH is 2. The fraction of sp³-hybridized carbons (Fsp3) is 0.724. The molecule has 2 aromatic heterocycles. The molecule has 324 valence electrons. The van der Waals surface area contributed by atoms with Gasteiger partial charge in [0.1, 0.15) is 36.3 Å². The number of imidazole rings is 1. The predicted octanol–water partition coefficient (Wildman–Crippen LogP) is 0.881. The van der Waals surface area contributed by atoms with E-state index in [2.05, 4.69) is 34.4 Å². The number of amides is 2. The zero-order valence-corrected chi connectivity index (χ0v) is 35.2. The first kappa shape index (κ1) is 48.9. The van der Waals surface area contributed by atoms with E-state index >= 15 is 0 Å². The fourth-order valence-electron chi connectivity index (χ4n) is 5.19. The summed E-state index contributed by atoms with van der Waals surface area (Å²) >= 11 is 1.13. The summed E-state index contributed by atoms with van der Waals surface area (Å²) in [5.41, 5.74) is 3.80. The molecule has 24 nitrogen and oxygen atoms in total. The normalized spacial score (nSPS) is 21.8. The highest BCUT2D eigenvalue weighted by molar-refractivity contribution is 8.13. The number of unbranched alkanes of at least 4 members (excludes halogenated alkanes) is 1. The van der Waals surface area contributed by atoms with E-state index in [0.29, 0.717) is 5.75 Å². The molecule has 0 saturated carbocycles. The van der Waals surface area contributed by atoms with Gasteiger partial charge >= 0.3 is 23.5 Å². The average molecular weight is 894 g/mol. The molecule has 10 N–H and O–H groups in total. The second kappa shape index (κ2) is 20.2. The lowest BCUT2D eigenvalue weighted by molar-refractivity contribution is -0.137. The van der Waals surface area contributed by atoms with Crippen LogP contribution < -0.4 is 16.4 Å². The maximum absolute atomic E-state index is 12.7. The number of fused-ring (bicyclic) bond motifs is 1. The highest BCUT2D eigenvalue weighted by atomic mass is 32.2. The molecule has 3 heterocycles. The number of phosphoric ester groups is 3. The minimum absolute atomic E-state index is 0.0298. The molecule has 0 aromatic carbocycles. The van der Waals surface area contributed by atoms with Gasteiger partial charge in [0, 0.05) is 36.1 Å². The van der Waals surface area contributed by atoms with Crippen molar-refractivity contribution in [2.75, 3.05) is 37.8 Å². The van der Waals surface area contributed by atoms with Gasteiger partial charge in [-0.1, -0.05) is 59.2 Å². The van der Waals surface area contributed by atoms with Crippen molar-refractivity contribution in [1.29, 1.82) is 0 Å². The SMILES string of the molecule is CCCCC(C)(C)C(=O)SCCNC(=O)CCNC(=O)C(O)C(C)(C)COP(=O)(O)OP(=O)(O)OCC1OC(n2cnc3c(N)ncnc32)C(O)C1OP(=O)(O)O. The molecular formula is C29H50N7O17P3S. The number of thioether (sulfide) groups is 1. The Kier molecular flexibility index (Phi) is 17.3. The number of hydrogen-bond donors (Lipinski definition) is 9. The summed E-state index contributed by atoms with van der Waals surface area (Å²) in [6.07, 6.45) is -4.23. The number of nitrogens with one attached hydrogen (secondary N) is 2. The summed E-state index contributed by atoms with van der Waals surface area (Å²) < 4.78 is 62.2. The molecule has 28 heteroatoms. The number of nitrogens with two attached hydrogens (primary N) is 1. The van der Waals surface area contributed by atoms with Gasteiger partial charge in [-0.3, -0.25) is 32.5 Å². The van der Waals surface area contributed by atoms with Gasteiger partial charge < -0.3 is 50.9 Å². The molecule has 0 radical (unpaired) electrons. The van der Waals surface area contributed by atoms with Crippen molar-refractivity contribution < 1.29 is 80.5 Å². The van der Waals surface area contributed by atoms with E-state index < -0.39 is 90.0 Å². The lowest BCUT2D eigenvalue weighted by atomic mass is 9.87. The second-order valence-electron chi connectivity index (χ2n) is 14.2. The number of hydrogen-bond acceptors (Lipinski definition) is 18. The number of nitrogens with zero attached hydrogens (tertiary/aromatic N) is 4. The van der Waals surface area contributed by atoms with Gasteiger partial charge in [-0.25, -0.2) is 28.6 Å². The number of carbonyl (C=O) groups is 3. The maximum atomic E-state index is 12.7. The van der Waals surface area contributed by atoms with E-state index in [-0.39, 0.29) is 41.6 Å². The molecular weight excluding hydrogens is 843 g/mol. The van der Waals surface area contributed by atoms with E-state index in [9.17, 15) is 57.9 Å². The monoisotopic (exact) mass is 893 g/mol. The Balaban J connectivity index is 1.48. The number of anilines is 1. The topological polar surface area (TPSA) is 364 Å². The van der Waals surface area contributed by atoms with E-state index in [4.69, 9.17) is 19.5 Å².